The highest BCUT2D eigenvalue weighted by atomic mass is 16.5. The Morgan fingerprint density at radius 3 is 3.00 bits per heavy atom. The Hall–Kier alpha value is -2.18. The third kappa shape index (κ3) is 2.34. The van der Waals surface area contributed by atoms with Crippen molar-refractivity contribution >= 4 is 5.91 Å². The number of nitrogens with zero attached hydrogens (tertiary/aromatic N) is 4. The van der Waals surface area contributed by atoms with Gasteiger partial charge in [-0.1, -0.05) is 19.0 Å². The first-order valence-electron chi connectivity index (χ1n) is 8.35. The van der Waals surface area contributed by atoms with E-state index in [-0.39, 0.29) is 17.9 Å². The van der Waals surface area contributed by atoms with Crippen LogP contribution in [0, 0.1) is 0 Å². The summed E-state index contributed by atoms with van der Waals surface area (Å²) in [4.78, 5) is 19.3. The van der Waals surface area contributed by atoms with Crippen LogP contribution in [-0.4, -0.2) is 37.7 Å². The van der Waals surface area contributed by atoms with Gasteiger partial charge in [-0.3, -0.25) is 9.89 Å². The van der Waals surface area contributed by atoms with Gasteiger partial charge >= 0.3 is 0 Å². The molecule has 3 heterocycles. The van der Waals surface area contributed by atoms with Gasteiger partial charge in [-0.2, -0.15) is 10.1 Å². The average molecular weight is 315 g/mol. The van der Waals surface area contributed by atoms with Gasteiger partial charge in [0.15, 0.2) is 11.5 Å². The Bertz CT molecular complexity index is 733. The summed E-state index contributed by atoms with van der Waals surface area (Å²) in [5, 5.41) is 11.3. The number of hydrogen-bond acceptors (Lipinski definition) is 5. The number of hydrogen-bond donors (Lipinski definition) is 1. The van der Waals surface area contributed by atoms with E-state index in [4.69, 9.17) is 4.52 Å². The molecule has 0 saturated carbocycles. The van der Waals surface area contributed by atoms with E-state index < -0.39 is 0 Å². The highest BCUT2D eigenvalue weighted by molar-refractivity contribution is 5.94. The van der Waals surface area contributed by atoms with Gasteiger partial charge < -0.3 is 9.42 Å². The summed E-state index contributed by atoms with van der Waals surface area (Å²) in [6.07, 6.45) is 4.82. The Labute approximate surface area is 134 Å². The van der Waals surface area contributed by atoms with E-state index >= 15 is 0 Å². The minimum Gasteiger partial charge on any atom is -0.337 e. The molecule has 0 aromatic carbocycles. The summed E-state index contributed by atoms with van der Waals surface area (Å²) < 4.78 is 5.42. The van der Waals surface area contributed by atoms with Crippen molar-refractivity contribution in [1.29, 1.82) is 0 Å². The molecule has 1 unspecified atom stereocenters. The first-order valence-corrected chi connectivity index (χ1v) is 8.35. The van der Waals surface area contributed by atoms with Crippen LogP contribution in [0.5, 0.6) is 0 Å². The number of carbonyl (C=O) groups is 1. The molecule has 7 nitrogen and oxygen atoms in total. The molecule has 0 radical (unpaired) electrons. The topological polar surface area (TPSA) is 87.9 Å². The molecule has 2 aromatic heterocycles. The van der Waals surface area contributed by atoms with Crippen LogP contribution in [-0.2, 0) is 12.8 Å². The molecule has 1 fully saturated rings. The maximum atomic E-state index is 12.9. The van der Waals surface area contributed by atoms with Crippen LogP contribution >= 0.6 is 0 Å². The van der Waals surface area contributed by atoms with Crippen molar-refractivity contribution in [1.82, 2.24) is 25.2 Å². The molecule has 4 rings (SSSR count). The number of fused-ring (bicyclic) bond motifs is 1. The number of nitrogens with one attached hydrogen (secondary N) is 1. The highest BCUT2D eigenvalue weighted by Crippen LogP contribution is 2.34. The fraction of sp³-hybridized carbons (Fsp3) is 0.625. The summed E-state index contributed by atoms with van der Waals surface area (Å²) in [6.45, 7) is 4.77. The second-order valence-corrected chi connectivity index (χ2v) is 6.68. The third-order valence-corrected chi connectivity index (χ3v) is 4.78. The number of aromatic amines is 1. The van der Waals surface area contributed by atoms with Crippen molar-refractivity contribution in [3.05, 3.63) is 28.7 Å². The summed E-state index contributed by atoms with van der Waals surface area (Å²) in [6, 6.07) is -0.128. The second kappa shape index (κ2) is 5.47. The molecule has 1 aliphatic heterocycles. The van der Waals surface area contributed by atoms with Crippen LogP contribution in [0.4, 0.5) is 0 Å². The smallest absolute Gasteiger partial charge is 0.275 e. The standard InChI is InChI=1S/C16H21N5O2/c1-9(2)14-17-15(23-20-14)12-7-4-8-21(12)16(22)13-10-5-3-6-11(10)18-19-13/h9,12H,3-8H2,1-2H3,(H,18,19). The fourth-order valence-corrected chi connectivity index (χ4v) is 3.52. The number of aromatic nitrogens is 4. The lowest BCUT2D eigenvalue weighted by molar-refractivity contribution is 0.0703. The molecule has 2 aliphatic rings. The van der Waals surface area contributed by atoms with Gasteiger partial charge in [0.2, 0.25) is 5.89 Å². The maximum absolute atomic E-state index is 12.9. The van der Waals surface area contributed by atoms with Crippen LogP contribution in [0.25, 0.3) is 0 Å². The summed E-state index contributed by atoms with van der Waals surface area (Å²) in [7, 11) is 0. The van der Waals surface area contributed by atoms with Crippen LogP contribution in [0.2, 0.25) is 0 Å². The van der Waals surface area contributed by atoms with Crippen molar-refractivity contribution in [2.45, 2.75) is 57.9 Å². The second-order valence-electron chi connectivity index (χ2n) is 6.68. The van der Waals surface area contributed by atoms with E-state index in [1.54, 1.807) is 0 Å². The Kier molecular flexibility index (Phi) is 3.43. The first-order chi connectivity index (χ1) is 11.1. The van der Waals surface area contributed by atoms with Crippen molar-refractivity contribution in [3.8, 4) is 0 Å². The van der Waals surface area contributed by atoms with Crippen molar-refractivity contribution in [2.24, 2.45) is 0 Å². The predicted molar refractivity (Wildman–Crippen MR) is 82.0 cm³/mol. The van der Waals surface area contributed by atoms with Gasteiger partial charge in [-0.05, 0) is 32.1 Å². The lowest BCUT2D eigenvalue weighted by Gasteiger charge is -2.21. The number of aryl methyl sites for hydroxylation is 1. The molecule has 1 saturated heterocycles. The molecule has 1 atom stereocenters. The quantitative estimate of drug-likeness (QED) is 0.939. The molecule has 7 heteroatoms. The minimum absolute atomic E-state index is 0.0174. The van der Waals surface area contributed by atoms with Gasteiger partial charge in [0.1, 0.15) is 6.04 Å². The maximum Gasteiger partial charge on any atom is 0.275 e. The lowest BCUT2D eigenvalue weighted by Crippen LogP contribution is -2.31. The zero-order chi connectivity index (χ0) is 16.0. The van der Waals surface area contributed by atoms with E-state index in [2.05, 4.69) is 20.3 Å². The minimum atomic E-state index is -0.128. The van der Waals surface area contributed by atoms with Gasteiger partial charge in [-0.25, -0.2) is 0 Å². The predicted octanol–water partition coefficient (Wildman–Crippen LogP) is 2.38. The molecule has 0 spiro atoms. The Balaban J connectivity index is 1.60. The number of H-pyrrole nitrogens is 1. The Morgan fingerprint density at radius 2 is 2.22 bits per heavy atom. The zero-order valence-corrected chi connectivity index (χ0v) is 13.5. The molecule has 23 heavy (non-hydrogen) atoms. The number of rotatable bonds is 3. The summed E-state index contributed by atoms with van der Waals surface area (Å²) >= 11 is 0. The van der Waals surface area contributed by atoms with E-state index in [0.717, 1.165) is 43.4 Å². The van der Waals surface area contributed by atoms with Gasteiger partial charge in [-0.15, -0.1) is 0 Å². The van der Waals surface area contributed by atoms with Crippen molar-refractivity contribution in [3.63, 3.8) is 0 Å². The zero-order valence-electron chi connectivity index (χ0n) is 13.5. The normalized spacial score (nSPS) is 20.5. The molecular formula is C16H21N5O2. The molecule has 1 aliphatic carbocycles. The van der Waals surface area contributed by atoms with Crippen LogP contribution < -0.4 is 0 Å². The molecule has 1 N–H and O–H groups in total. The van der Waals surface area contributed by atoms with Crippen LogP contribution in [0.1, 0.15) is 78.5 Å². The average Bonchev–Trinajstić information content (AvgIpc) is 3.27. The summed E-state index contributed by atoms with van der Waals surface area (Å²) in [5.41, 5.74) is 2.78. The lowest BCUT2D eigenvalue weighted by atomic mass is 10.1. The number of amides is 1. The monoisotopic (exact) mass is 315 g/mol. The first kappa shape index (κ1) is 14.4. The van der Waals surface area contributed by atoms with Gasteiger partial charge in [0.05, 0.1) is 0 Å². The van der Waals surface area contributed by atoms with Gasteiger partial charge in [0, 0.05) is 23.7 Å². The molecule has 2 aromatic rings. The SMILES string of the molecule is CC(C)c1noc(C2CCCN2C(=O)c2n[nH]c3c2CCC3)n1. The van der Waals surface area contributed by atoms with E-state index in [1.165, 1.54) is 0 Å². The fourth-order valence-electron chi connectivity index (χ4n) is 3.52. The van der Waals surface area contributed by atoms with Gasteiger partial charge in [0.25, 0.3) is 5.91 Å². The molecular weight excluding hydrogens is 294 g/mol. The number of carbonyl (C=O) groups excluding carboxylic acids is 1. The van der Waals surface area contributed by atoms with Crippen LogP contribution in [0.3, 0.4) is 0 Å². The number of likely N-dealkylation sites (tertiary alicyclic amines) is 1. The van der Waals surface area contributed by atoms with E-state index in [9.17, 15) is 4.79 Å². The highest BCUT2D eigenvalue weighted by Gasteiger charge is 2.37. The third-order valence-electron chi connectivity index (χ3n) is 4.78. The largest absolute Gasteiger partial charge is 0.337 e. The Morgan fingerprint density at radius 1 is 1.35 bits per heavy atom. The van der Waals surface area contributed by atoms with E-state index in [1.807, 2.05) is 18.7 Å². The summed E-state index contributed by atoms with van der Waals surface area (Å²) in [5.74, 6) is 1.44. The molecule has 122 valence electrons. The van der Waals surface area contributed by atoms with Crippen molar-refractivity contribution in [2.75, 3.05) is 6.54 Å². The van der Waals surface area contributed by atoms with Crippen LogP contribution in [0.15, 0.2) is 4.52 Å². The van der Waals surface area contributed by atoms with E-state index in [0.29, 0.717) is 24.0 Å². The molecule has 1 amide bonds. The van der Waals surface area contributed by atoms with Crippen molar-refractivity contribution < 1.29 is 9.32 Å². The molecule has 0 bridgehead atoms.